The zero-order valence-corrected chi connectivity index (χ0v) is 11.1. The van der Waals surface area contributed by atoms with Gasteiger partial charge in [-0.15, -0.1) is 0 Å². The van der Waals surface area contributed by atoms with Crippen molar-refractivity contribution in [3.63, 3.8) is 0 Å². The molecule has 0 spiro atoms. The first-order chi connectivity index (χ1) is 9.09. The van der Waals surface area contributed by atoms with Crippen LogP contribution in [0.3, 0.4) is 0 Å². The van der Waals surface area contributed by atoms with Crippen molar-refractivity contribution in [2.45, 2.75) is 43.7 Å². The molecule has 4 heteroatoms. The molecule has 19 heavy (non-hydrogen) atoms. The Bertz CT molecular complexity index is 517. The molecule has 3 nitrogen and oxygen atoms in total. The zero-order valence-electron chi connectivity index (χ0n) is 11.1. The Kier molecular flexibility index (Phi) is 3.05. The van der Waals surface area contributed by atoms with Crippen LogP contribution in [-0.4, -0.2) is 29.9 Å². The van der Waals surface area contributed by atoms with E-state index in [9.17, 15) is 9.18 Å². The van der Waals surface area contributed by atoms with Gasteiger partial charge in [0.25, 0.3) is 5.91 Å². The number of primary amides is 1. The monoisotopic (exact) mass is 262 g/mol. The second-order valence-electron chi connectivity index (χ2n) is 5.72. The summed E-state index contributed by atoms with van der Waals surface area (Å²) < 4.78 is 14.4. The molecule has 2 aliphatic rings. The molecule has 2 bridgehead atoms. The number of carbonyl (C=O) groups excluding carboxylic acids is 1. The number of likely N-dealkylation sites (N-methyl/N-ethyl adjacent to an activating group) is 1. The summed E-state index contributed by atoms with van der Waals surface area (Å²) in [6, 6.07) is 6.06. The lowest BCUT2D eigenvalue weighted by Gasteiger charge is -2.38. The third-order valence-corrected chi connectivity index (χ3v) is 4.86. The molecule has 1 amide bonds. The minimum Gasteiger partial charge on any atom is -0.366 e. The Hall–Kier alpha value is -1.42. The topological polar surface area (TPSA) is 46.3 Å². The first-order valence-corrected chi connectivity index (χ1v) is 6.89. The standard InChI is InChI=1S/C15H19FN2O/c1-18-9-5-7-10(13(18)8-6-9)11-3-2-4-12(14(11)16)15(17)19/h2-4,9-10,13H,5-8H2,1H3,(H2,17,19). The number of piperidine rings is 1. The number of rotatable bonds is 2. The smallest absolute Gasteiger partial charge is 0.251 e. The van der Waals surface area contributed by atoms with Crippen LogP contribution < -0.4 is 5.73 Å². The second kappa shape index (κ2) is 4.60. The number of hydrogen-bond acceptors (Lipinski definition) is 2. The predicted molar refractivity (Wildman–Crippen MR) is 71.5 cm³/mol. The molecule has 0 saturated carbocycles. The van der Waals surface area contributed by atoms with E-state index in [2.05, 4.69) is 11.9 Å². The van der Waals surface area contributed by atoms with Gasteiger partial charge in [0.05, 0.1) is 5.56 Å². The Morgan fingerprint density at radius 2 is 2.05 bits per heavy atom. The maximum atomic E-state index is 14.4. The summed E-state index contributed by atoms with van der Waals surface area (Å²) in [6.45, 7) is 0. The second-order valence-corrected chi connectivity index (χ2v) is 5.72. The van der Waals surface area contributed by atoms with E-state index >= 15 is 0 Å². The van der Waals surface area contributed by atoms with Crippen molar-refractivity contribution >= 4 is 5.91 Å². The molecule has 2 fully saturated rings. The fourth-order valence-corrected chi connectivity index (χ4v) is 3.83. The lowest BCUT2D eigenvalue weighted by molar-refractivity contribution is 0.0995. The molecule has 3 atom stereocenters. The molecule has 2 saturated heterocycles. The summed E-state index contributed by atoms with van der Waals surface area (Å²) in [4.78, 5) is 13.6. The van der Waals surface area contributed by atoms with Crippen molar-refractivity contribution in [2.24, 2.45) is 5.73 Å². The van der Waals surface area contributed by atoms with E-state index in [1.165, 1.54) is 12.5 Å². The van der Waals surface area contributed by atoms with Crippen LogP contribution in [0.5, 0.6) is 0 Å². The van der Waals surface area contributed by atoms with Gasteiger partial charge in [0, 0.05) is 18.0 Å². The molecular formula is C15H19FN2O. The first-order valence-electron chi connectivity index (χ1n) is 6.89. The minimum atomic E-state index is -0.687. The van der Waals surface area contributed by atoms with E-state index < -0.39 is 11.7 Å². The number of halogens is 1. The van der Waals surface area contributed by atoms with E-state index in [1.807, 2.05) is 0 Å². The van der Waals surface area contributed by atoms with Gasteiger partial charge in [-0.2, -0.15) is 0 Å². The Morgan fingerprint density at radius 1 is 1.32 bits per heavy atom. The third-order valence-electron chi connectivity index (χ3n) is 4.86. The van der Waals surface area contributed by atoms with Crippen LogP contribution in [0.15, 0.2) is 18.2 Å². The largest absolute Gasteiger partial charge is 0.366 e. The number of hydrogen-bond donors (Lipinski definition) is 1. The molecule has 1 aromatic carbocycles. The van der Waals surface area contributed by atoms with Crippen molar-refractivity contribution in [3.05, 3.63) is 35.1 Å². The van der Waals surface area contributed by atoms with Crippen LogP contribution in [-0.2, 0) is 0 Å². The molecule has 0 aliphatic carbocycles. The molecule has 2 heterocycles. The number of amides is 1. The summed E-state index contributed by atoms with van der Waals surface area (Å²) in [5, 5.41) is 0. The molecule has 2 N–H and O–H groups in total. The van der Waals surface area contributed by atoms with Crippen LogP contribution >= 0.6 is 0 Å². The third kappa shape index (κ3) is 1.94. The minimum absolute atomic E-state index is 0.0141. The molecule has 3 unspecified atom stereocenters. The number of carbonyl (C=O) groups is 1. The van der Waals surface area contributed by atoms with Crippen molar-refractivity contribution in [1.29, 1.82) is 0 Å². The van der Waals surface area contributed by atoms with Crippen molar-refractivity contribution in [1.82, 2.24) is 4.90 Å². The molecule has 2 aliphatic heterocycles. The lowest BCUT2D eigenvalue weighted by atomic mass is 9.83. The van der Waals surface area contributed by atoms with Crippen LogP contribution in [0.25, 0.3) is 0 Å². The maximum absolute atomic E-state index is 14.4. The number of nitrogens with zero attached hydrogens (tertiary/aromatic N) is 1. The van der Waals surface area contributed by atoms with Gasteiger partial charge in [-0.25, -0.2) is 4.39 Å². The summed E-state index contributed by atoms with van der Waals surface area (Å²) in [5.74, 6) is -0.922. The summed E-state index contributed by atoms with van der Waals surface area (Å²) >= 11 is 0. The maximum Gasteiger partial charge on any atom is 0.251 e. The van der Waals surface area contributed by atoms with E-state index in [0.29, 0.717) is 17.6 Å². The molecular weight excluding hydrogens is 243 g/mol. The van der Waals surface area contributed by atoms with E-state index in [0.717, 1.165) is 19.3 Å². The average molecular weight is 262 g/mol. The van der Waals surface area contributed by atoms with Crippen LogP contribution in [0, 0.1) is 5.82 Å². The van der Waals surface area contributed by atoms with E-state index in [-0.39, 0.29) is 11.5 Å². The lowest BCUT2D eigenvalue weighted by Crippen LogP contribution is -2.41. The highest BCUT2D eigenvalue weighted by molar-refractivity contribution is 5.93. The van der Waals surface area contributed by atoms with E-state index in [1.54, 1.807) is 12.1 Å². The van der Waals surface area contributed by atoms with Gasteiger partial charge < -0.3 is 5.73 Å². The van der Waals surface area contributed by atoms with Gasteiger partial charge in [-0.1, -0.05) is 12.1 Å². The van der Waals surface area contributed by atoms with Gasteiger partial charge in [0.2, 0.25) is 0 Å². The zero-order chi connectivity index (χ0) is 13.6. The molecule has 1 aromatic rings. The van der Waals surface area contributed by atoms with Crippen molar-refractivity contribution in [2.75, 3.05) is 7.05 Å². The highest BCUT2D eigenvalue weighted by Gasteiger charge is 2.41. The number of fused-ring (bicyclic) bond motifs is 2. The SMILES string of the molecule is CN1C2CCC(c3cccc(C(N)=O)c3F)C1CC2. The van der Waals surface area contributed by atoms with Crippen LogP contribution in [0.1, 0.15) is 47.5 Å². The predicted octanol–water partition coefficient (Wildman–Crippen LogP) is 2.26. The molecule has 102 valence electrons. The van der Waals surface area contributed by atoms with Crippen LogP contribution in [0.4, 0.5) is 4.39 Å². The summed E-state index contributed by atoms with van der Waals surface area (Å²) in [6.07, 6.45) is 4.43. The van der Waals surface area contributed by atoms with E-state index in [4.69, 9.17) is 5.73 Å². The molecule has 3 rings (SSSR count). The highest BCUT2D eigenvalue weighted by Crippen LogP contribution is 2.43. The number of benzene rings is 1. The van der Waals surface area contributed by atoms with Crippen molar-refractivity contribution in [3.8, 4) is 0 Å². The molecule has 0 aromatic heterocycles. The van der Waals surface area contributed by atoms with Crippen LogP contribution in [0.2, 0.25) is 0 Å². The fourth-order valence-electron chi connectivity index (χ4n) is 3.83. The Morgan fingerprint density at radius 3 is 2.79 bits per heavy atom. The average Bonchev–Trinajstić information content (AvgIpc) is 2.62. The Balaban J connectivity index is 1.98. The van der Waals surface area contributed by atoms with Crippen molar-refractivity contribution < 1.29 is 9.18 Å². The van der Waals surface area contributed by atoms with Gasteiger partial charge >= 0.3 is 0 Å². The summed E-state index contributed by atoms with van der Waals surface area (Å²) in [7, 11) is 2.13. The first kappa shape index (κ1) is 12.6. The fraction of sp³-hybridized carbons (Fsp3) is 0.533. The molecule has 0 radical (unpaired) electrons. The number of nitrogens with two attached hydrogens (primary N) is 1. The summed E-state index contributed by atoms with van der Waals surface area (Å²) in [5.41, 5.74) is 5.90. The quantitative estimate of drug-likeness (QED) is 0.888. The normalized spacial score (nSPS) is 30.5. The highest BCUT2D eigenvalue weighted by atomic mass is 19.1. The van der Waals surface area contributed by atoms with Gasteiger partial charge in [-0.3, -0.25) is 9.69 Å². The van der Waals surface area contributed by atoms with Gasteiger partial charge in [0.1, 0.15) is 5.82 Å². The van der Waals surface area contributed by atoms with Gasteiger partial charge in [0.15, 0.2) is 0 Å². The Labute approximate surface area is 112 Å². The van der Waals surface area contributed by atoms with Gasteiger partial charge in [-0.05, 0) is 44.4 Å².